The Morgan fingerprint density at radius 3 is 2.44 bits per heavy atom. The average Bonchev–Trinajstić information content (AvgIpc) is 3.04. The van der Waals surface area contributed by atoms with Crippen LogP contribution in [0.25, 0.3) is 5.76 Å². The summed E-state index contributed by atoms with van der Waals surface area (Å²) in [5.41, 5.74) is 3.38. The second-order valence-electron chi connectivity index (χ2n) is 7.71. The number of ether oxygens (including phenoxy) is 1. The number of para-hydroxylation sites is 1. The van der Waals surface area contributed by atoms with Gasteiger partial charge in [0.15, 0.2) is 0 Å². The third-order valence-corrected chi connectivity index (χ3v) is 5.83. The summed E-state index contributed by atoms with van der Waals surface area (Å²) in [7, 11) is 1.46. The van der Waals surface area contributed by atoms with Crippen LogP contribution in [0.3, 0.4) is 0 Å². The summed E-state index contributed by atoms with van der Waals surface area (Å²) in [5, 5.41) is 11.7. The number of amides is 1. The molecule has 1 saturated heterocycles. The summed E-state index contributed by atoms with van der Waals surface area (Å²) in [4.78, 5) is 28.0. The second-order valence-corrected chi connectivity index (χ2v) is 8.15. The highest BCUT2D eigenvalue weighted by atomic mass is 35.5. The quantitative estimate of drug-likeness (QED) is 0.321. The molecule has 1 fully saturated rings. The van der Waals surface area contributed by atoms with Crippen LogP contribution in [0.5, 0.6) is 5.75 Å². The van der Waals surface area contributed by atoms with Gasteiger partial charge in [-0.3, -0.25) is 14.5 Å². The number of methoxy groups -OCH3 is 1. The average molecular weight is 448 g/mol. The third kappa shape index (κ3) is 3.65. The molecule has 0 aromatic heterocycles. The number of hydrogen-bond donors (Lipinski definition) is 1. The Bertz CT molecular complexity index is 1260. The summed E-state index contributed by atoms with van der Waals surface area (Å²) >= 11 is 6.16. The minimum atomic E-state index is -0.806. The molecule has 1 aliphatic rings. The monoisotopic (exact) mass is 447 g/mol. The highest BCUT2D eigenvalue weighted by molar-refractivity contribution is 6.51. The minimum Gasteiger partial charge on any atom is -0.507 e. The molecule has 1 atom stereocenters. The first kappa shape index (κ1) is 21.7. The van der Waals surface area contributed by atoms with E-state index in [0.29, 0.717) is 16.5 Å². The fourth-order valence-electron chi connectivity index (χ4n) is 4.08. The van der Waals surface area contributed by atoms with Crippen molar-refractivity contribution in [1.29, 1.82) is 0 Å². The standard InChI is InChI=1S/C26H22ClNO4/c1-15-7-6-9-17(13-15)23-22(24(29)19-14-18(27)11-12-21(19)32-3)25(30)26(31)28(23)20-10-5-4-8-16(20)2/h4-14,23,29H,1-3H3/b24-22+. The van der Waals surface area contributed by atoms with Crippen molar-refractivity contribution in [1.82, 2.24) is 0 Å². The van der Waals surface area contributed by atoms with Crippen molar-refractivity contribution in [3.05, 3.63) is 99.6 Å². The molecule has 3 aromatic rings. The van der Waals surface area contributed by atoms with Crippen molar-refractivity contribution in [3.63, 3.8) is 0 Å². The largest absolute Gasteiger partial charge is 0.507 e. The lowest BCUT2D eigenvalue weighted by atomic mass is 9.94. The van der Waals surface area contributed by atoms with Crippen LogP contribution in [0.2, 0.25) is 5.02 Å². The van der Waals surface area contributed by atoms with Crippen LogP contribution < -0.4 is 9.64 Å². The van der Waals surface area contributed by atoms with E-state index in [1.54, 1.807) is 18.2 Å². The SMILES string of the molecule is COc1ccc(Cl)cc1/C(O)=C1\C(=O)C(=O)N(c2ccccc2C)C1c1cccc(C)c1. The van der Waals surface area contributed by atoms with Gasteiger partial charge in [0, 0.05) is 10.7 Å². The number of rotatable bonds is 4. The number of aryl methyl sites for hydroxylation is 2. The Morgan fingerprint density at radius 1 is 1.00 bits per heavy atom. The van der Waals surface area contributed by atoms with E-state index in [4.69, 9.17) is 16.3 Å². The number of anilines is 1. The van der Waals surface area contributed by atoms with E-state index in [0.717, 1.165) is 16.7 Å². The third-order valence-electron chi connectivity index (χ3n) is 5.59. The molecule has 162 valence electrons. The van der Waals surface area contributed by atoms with Crippen molar-refractivity contribution in [2.24, 2.45) is 0 Å². The Morgan fingerprint density at radius 2 is 1.75 bits per heavy atom. The zero-order valence-electron chi connectivity index (χ0n) is 17.9. The predicted octanol–water partition coefficient (Wildman–Crippen LogP) is 5.59. The first-order valence-corrected chi connectivity index (χ1v) is 10.5. The van der Waals surface area contributed by atoms with Gasteiger partial charge in [0.1, 0.15) is 11.5 Å². The lowest BCUT2D eigenvalue weighted by Gasteiger charge is -2.27. The van der Waals surface area contributed by atoms with Gasteiger partial charge >= 0.3 is 0 Å². The van der Waals surface area contributed by atoms with Crippen LogP contribution in [0.15, 0.2) is 72.3 Å². The summed E-state index contributed by atoms with van der Waals surface area (Å²) in [5.74, 6) is -1.45. The normalized spacial score (nSPS) is 17.6. The molecular formula is C26H22ClNO4. The van der Waals surface area contributed by atoms with Gasteiger partial charge in [-0.05, 0) is 49.2 Å². The molecule has 1 aliphatic heterocycles. The molecule has 1 heterocycles. The van der Waals surface area contributed by atoms with E-state index >= 15 is 0 Å². The number of halogens is 1. The number of nitrogens with zero attached hydrogens (tertiary/aromatic N) is 1. The van der Waals surface area contributed by atoms with Crippen molar-refractivity contribution in [2.45, 2.75) is 19.9 Å². The van der Waals surface area contributed by atoms with Gasteiger partial charge in [-0.25, -0.2) is 0 Å². The van der Waals surface area contributed by atoms with Crippen LogP contribution in [-0.4, -0.2) is 23.9 Å². The molecule has 6 heteroatoms. The maximum absolute atomic E-state index is 13.3. The van der Waals surface area contributed by atoms with Crippen molar-refractivity contribution in [3.8, 4) is 5.75 Å². The van der Waals surface area contributed by atoms with E-state index in [9.17, 15) is 14.7 Å². The molecule has 0 aliphatic carbocycles. The molecule has 0 radical (unpaired) electrons. The number of carbonyl (C=O) groups is 2. The number of ketones is 1. The molecule has 0 spiro atoms. The first-order chi connectivity index (χ1) is 15.3. The van der Waals surface area contributed by atoms with Gasteiger partial charge in [-0.15, -0.1) is 0 Å². The molecule has 5 nitrogen and oxygen atoms in total. The van der Waals surface area contributed by atoms with Gasteiger partial charge in [-0.2, -0.15) is 0 Å². The molecule has 3 aromatic carbocycles. The van der Waals surface area contributed by atoms with E-state index in [1.165, 1.54) is 18.1 Å². The van der Waals surface area contributed by atoms with E-state index < -0.39 is 17.7 Å². The Balaban J connectivity index is 2.02. The van der Waals surface area contributed by atoms with E-state index in [2.05, 4.69) is 0 Å². The minimum absolute atomic E-state index is 0.00980. The number of hydrogen-bond acceptors (Lipinski definition) is 4. The summed E-state index contributed by atoms with van der Waals surface area (Å²) in [6.07, 6.45) is 0. The number of aliphatic hydroxyl groups is 1. The summed E-state index contributed by atoms with van der Waals surface area (Å²) in [6.45, 7) is 3.81. The first-order valence-electron chi connectivity index (χ1n) is 10.1. The summed E-state index contributed by atoms with van der Waals surface area (Å²) < 4.78 is 5.37. The van der Waals surface area contributed by atoms with Gasteiger partial charge in [0.2, 0.25) is 0 Å². The van der Waals surface area contributed by atoms with Gasteiger partial charge in [-0.1, -0.05) is 59.6 Å². The van der Waals surface area contributed by atoms with E-state index in [-0.39, 0.29) is 16.9 Å². The maximum atomic E-state index is 13.3. The molecule has 0 saturated carbocycles. The molecule has 4 rings (SSSR count). The number of benzene rings is 3. The van der Waals surface area contributed by atoms with Gasteiger partial charge in [0.25, 0.3) is 11.7 Å². The topological polar surface area (TPSA) is 66.8 Å². The van der Waals surface area contributed by atoms with Crippen LogP contribution in [-0.2, 0) is 9.59 Å². The lowest BCUT2D eigenvalue weighted by Crippen LogP contribution is -2.30. The molecule has 32 heavy (non-hydrogen) atoms. The van der Waals surface area contributed by atoms with Crippen molar-refractivity contribution >= 4 is 34.7 Å². The fourth-order valence-corrected chi connectivity index (χ4v) is 4.25. The molecule has 1 N–H and O–H groups in total. The fraction of sp³-hybridized carbons (Fsp3) is 0.154. The van der Waals surface area contributed by atoms with E-state index in [1.807, 2.05) is 56.3 Å². The van der Waals surface area contributed by atoms with Crippen molar-refractivity contribution in [2.75, 3.05) is 12.0 Å². The second kappa shape index (κ2) is 8.52. The van der Waals surface area contributed by atoms with Crippen LogP contribution in [0.1, 0.15) is 28.3 Å². The maximum Gasteiger partial charge on any atom is 0.300 e. The lowest BCUT2D eigenvalue weighted by molar-refractivity contribution is -0.132. The van der Waals surface area contributed by atoms with Gasteiger partial charge < -0.3 is 9.84 Å². The Labute approximate surface area is 191 Å². The highest BCUT2D eigenvalue weighted by Gasteiger charge is 2.47. The van der Waals surface area contributed by atoms with Crippen LogP contribution in [0, 0.1) is 13.8 Å². The molecular weight excluding hydrogens is 426 g/mol. The number of aliphatic hydroxyl groups excluding tert-OH is 1. The Hall–Kier alpha value is -3.57. The smallest absolute Gasteiger partial charge is 0.300 e. The molecule has 0 bridgehead atoms. The number of Topliss-reactive ketones (excluding diaryl/α,β-unsaturated/α-hetero) is 1. The molecule has 1 unspecified atom stereocenters. The number of carbonyl (C=O) groups excluding carboxylic acids is 2. The highest BCUT2D eigenvalue weighted by Crippen LogP contribution is 2.44. The van der Waals surface area contributed by atoms with Crippen LogP contribution >= 0.6 is 11.6 Å². The zero-order valence-corrected chi connectivity index (χ0v) is 18.7. The summed E-state index contributed by atoms with van der Waals surface area (Å²) in [6, 6.07) is 18.9. The predicted molar refractivity (Wildman–Crippen MR) is 125 cm³/mol. The molecule has 1 amide bonds. The zero-order chi connectivity index (χ0) is 23.0. The van der Waals surface area contributed by atoms with Crippen molar-refractivity contribution < 1.29 is 19.4 Å². The Kier molecular flexibility index (Phi) is 5.76. The van der Waals surface area contributed by atoms with Gasteiger partial charge in [0.05, 0.1) is 24.3 Å². The van der Waals surface area contributed by atoms with Crippen LogP contribution in [0.4, 0.5) is 5.69 Å².